The zero-order chi connectivity index (χ0) is 22.1. The Balaban J connectivity index is 1.73. The minimum atomic E-state index is -0.822. The van der Waals surface area contributed by atoms with Crippen molar-refractivity contribution < 1.29 is 10.2 Å². The Morgan fingerprint density at radius 1 is 1.10 bits per heavy atom. The number of hydrogen-bond acceptors (Lipinski definition) is 2. The van der Waals surface area contributed by atoms with E-state index in [-0.39, 0.29) is 0 Å². The molecule has 3 saturated carbocycles. The van der Waals surface area contributed by atoms with E-state index in [1.807, 2.05) is 0 Å². The lowest BCUT2D eigenvalue weighted by Crippen LogP contribution is -2.36. The maximum Gasteiger partial charge on any atom is 0.102 e. The van der Waals surface area contributed by atoms with Gasteiger partial charge in [0.25, 0.3) is 0 Å². The van der Waals surface area contributed by atoms with E-state index in [0.717, 1.165) is 23.3 Å². The predicted octanol–water partition coefficient (Wildman–Crippen LogP) is 6.76. The third kappa shape index (κ3) is 4.70. The first kappa shape index (κ1) is 23.5. The highest BCUT2D eigenvalue weighted by Gasteiger charge is 2.50. The monoisotopic (exact) mass is 412 g/mol. The number of fused-ring (bicyclic) bond motifs is 1. The molecular weight excluding hydrogens is 368 g/mol. The molecular formula is C28H44O2. The van der Waals surface area contributed by atoms with Gasteiger partial charge in [-0.1, -0.05) is 77.8 Å². The summed E-state index contributed by atoms with van der Waals surface area (Å²) in [7, 11) is 0. The molecule has 0 aromatic rings. The molecule has 168 valence electrons. The van der Waals surface area contributed by atoms with Crippen molar-refractivity contribution in [3.05, 3.63) is 47.6 Å². The van der Waals surface area contributed by atoms with Crippen molar-refractivity contribution >= 4 is 0 Å². The van der Waals surface area contributed by atoms with Gasteiger partial charge in [0.2, 0.25) is 0 Å². The lowest BCUT2D eigenvalue weighted by Gasteiger charge is -2.44. The van der Waals surface area contributed by atoms with Crippen LogP contribution in [0.25, 0.3) is 0 Å². The van der Waals surface area contributed by atoms with Crippen molar-refractivity contribution in [2.45, 2.75) is 97.7 Å². The molecule has 0 amide bonds. The molecule has 3 fully saturated rings. The van der Waals surface area contributed by atoms with Crippen molar-refractivity contribution in [3.8, 4) is 0 Å². The molecule has 0 unspecified atom stereocenters. The third-order valence-electron chi connectivity index (χ3n) is 8.60. The summed E-state index contributed by atoms with van der Waals surface area (Å²) in [5.41, 5.74) is 4.15. The van der Waals surface area contributed by atoms with E-state index in [2.05, 4.69) is 53.0 Å². The largest absolute Gasteiger partial charge is 0.388 e. The van der Waals surface area contributed by atoms with Crippen LogP contribution in [0.15, 0.2) is 47.6 Å². The molecule has 3 rings (SSSR count). The second-order valence-electron chi connectivity index (χ2n) is 11.1. The first-order chi connectivity index (χ1) is 14.1. The van der Waals surface area contributed by atoms with Gasteiger partial charge in [-0.15, -0.1) is 0 Å². The molecule has 0 spiro atoms. The standard InChI is InChI=1S/C28H44O2/c1-18(2)9-7-10-19(3)24-14-15-25-22(11-8-16-28(24,25)6)12-13-23-17-26(29)21(5)27(30)20(23)4/h12-13,18-19,24-27,29-30H,4-5,7-11,14-17H2,1-3,6H3/b22-12+,23-13-/t19-,24+,25-,26+,27+,28+/m0/s1. The smallest absolute Gasteiger partial charge is 0.102 e. The van der Waals surface area contributed by atoms with Crippen LogP contribution in [0.4, 0.5) is 0 Å². The highest BCUT2D eigenvalue weighted by atomic mass is 16.3. The van der Waals surface area contributed by atoms with Gasteiger partial charge >= 0.3 is 0 Å². The molecule has 2 nitrogen and oxygen atoms in total. The highest BCUT2D eigenvalue weighted by molar-refractivity contribution is 5.45. The van der Waals surface area contributed by atoms with Crippen molar-refractivity contribution in [1.82, 2.24) is 0 Å². The zero-order valence-electron chi connectivity index (χ0n) is 19.8. The van der Waals surface area contributed by atoms with Crippen molar-refractivity contribution in [1.29, 1.82) is 0 Å². The Morgan fingerprint density at radius 3 is 2.53 bits per heavy atom. The van der Waals surface area contributed by atoms with E-state index in [1.54, 1.807) is 5.57 Å². The summed E-state index contributed by atoms with van der Waals surface area (Å²) in [6, 6.07) is 0. The molecule has 6 atom stereocenters. The van der Waals surface area contributed by atoms with Gasteiger partial charge < -0.3 is 10.2 Å². The molecule has 0 aromatic carbocycles. The Bertz CT molecular complexity index is 712. The van der Waals surface area contributed by atoms with Crippen LogP contribution in [-0.4, -0.2) is 22.4 Å². The molecule has 0 aliphatic heterocycles. The fourth-order valence-electron chi connectivity index (χ4n) is 6.70. The van der Waals surface area contributed by atoms with Gasteiger partial charge in [0.1, 0.15) is 6.10 Å². The van der Waals surface area contributed by atoms with Crippen LogP contribution in [0.3, 0.4) is 0 Å². The van der Waals surface area contributed by atoms with E-state index in [9.17, 15) is 10.2 Å². The van der Waals surface area contributed by atoms with E-state index in [0.29, 0.717) is 28.9 Å². The second-order valence-corrected chi connectivity index (χ2v) is 11.1. The summed E-state index contributed by atoms with van der Waals surface area (Å²) in [5, 5.41) is 20.5. The molecule has 0 radical (unpaired) electrons. The quantitative estimate of drug-likeness (QED) is 0.473. The Labute approximate surface area is 184 Å². The Kier molecular flexibility index (Phi) is 7.51. The number of aliphatic hydroxyl groups is 2. The predicted molar refractivity (Wildman–Crippen MR) is 127 cm³/mol. The van der Waals surface area contributed by atoms with Crippen molar-refractivity contribution in [3.63, 3.8) is 0 Å². The summed E-state index contributed by atoms with van der Waals surface area (Å²) in [4.78, 5) is 0. The summed E-state index contributed by atoms with van der Waals surface area (Å²) in [6.45, 7) is 17.6. The molecule has 2 N–H and O–H groups in total. The van der Waals surface area contributed by atoms with E-state index >= 15 is 0 Å². The number of hydrogen-bond donors (Lipinski definition) is 2. The van der Waals surface area contributed by atoms with Gasteiger partial charge in [0.05, 0.1) is 6.10 Å². The average molecular weight is 413 g/mol. The van der Waals surface area contributed by atoms with E-state index in [4.69, 9.17) is 0 Å². The number of allylic oxidation sites excluding steroid dienone is 3. The summed E-state index contributed by atoms with van der Waals surface area (Å²) >= 11 is 0. The molecule has 0 saturated heterocycles. The van der Waals surface area contributed by atoms with E-state index < -0.39 is 12.2 Å². The fourth-order valence-corrected chi connectivity index (χ4v) is 6.70. The van der Waals surface area contributed by atoms with Crippen LogP contribution in [-0.2, 0) is 0 Å². The van der Waals surface area contributed by atoms with Crippen LogP contribution < -0.4 is 0 Å². The molecule has 3 aliphatic rings. The van der Waals surface area contributed by atoms with Crippen LogP contribution in [0.1, 0.15) is 85.5 Å². The lowest BCUT2D eigenvalue weighted by molar-refractivity contribution is 0.0928. The maximum atomic E-state index is 10.3. The SMILES string of the molecule is C=C1/C(=C\C=C2/CCC[C@]3(C)[C@@H]([C@@H](C)CCCC(C)C)CC[C@@H]23)C[C@@H](O)C(=C)[C@@H]1O. The van der Waals surface area contributed by atoms with Gasteiger partial charge in [-0.05, 0) is 77.9 Å². The van der Waals surface area contributed by atoms with Crippen molar-refractivity contribution in [2.75, 3.05) is 0 Å². The summed E-state index contributed by atoms with van der Waals surface area (Å²) in [6.07, 6.45) is 14.0. The van der Waals surface area contributed by atoms with Crippen LogP contribution in [0, 0.1) is 29.1 Å². The van der Waals surface area contributed by atoms with Crippen molar-refractivity contribution in [2.24, 2.45) is 29.1 Å². The fraction of sp³-hybridized carbons (Fsp3) is 0.714. The second kappa shape index (κ2) is 9.57. The molecule has 0 bridgehead atoms. The average Bonchev–Trinajstić information content (AvgIpc) is 3.05. The first-order valence-electron chi connectivity index (χ1n) is 12.3. The lowest BCUT2D eigenvalue weighted by atomic mass is 9.60. The Morgan fingerprint density at radius 2 is 1.83 bits per heavy atom. The minimum Gasteiger partial charge on any atom is -0.388 e. The van der Waals surface area contributed by atoms with Gasteiger partial charge in [0, 0.05) is 6.42 Å². The third-order valence-corrected chi connectivity index (χ3v) is 8.60. The molecule has 3 aliphatic carbocycles. The van der Waals surface area contributed by atoms with Gasteiger partial charge in [0.15, 0.2) is 0 Å². The van der Waals surface area contributed by atoms with Gasteiger partial charge in [-0.2, -0.15) is 0 Å². The molecule has 0 heterocycles. The summed E-state index contributed by atoms with van der Waals surface area (Å²) < 4.78 is 0. The molecule has 0 aromatic heterocycles. The van der Waals surface area contributed by atoms with Crippen LogP contribution in [0.5, 0.6) is 0 Å². The molecule has 30 heavy (non-hydrogen) atoms. The van der Waals surface area contributed by atoms with Crippen LogP contribution in [0.2, 0.25) is 0 Å². The topological polar surface area (TPSA) is 40.5 Å². The maximum absolute atomic E-state index is 10.3. The zero-order valence-corrected chi connectivity index (χ0v) is 19.8. The van der Waals surface area contributed by atoms with Gasteiger partial charge in [-0.25, -0.2) is 0 Å². The van der Waals surface area contributed by atoms with Gasteiger partial charge in [-0.3, -0.25) is 0 Å². The molecule has 2 heteroatoms. The van der Waals surface area contributed by atoms with Crippen LogP contribution >= 0.6 is 0 Å². The van der Waals surface area contributed by atoms with E-state index in [1.165, 1.54) is 51.4 Å². The summed E-state index contributed by atoms with van der Waals surface area (Å²) in [5.74, 6) is 3.14. The Hall–Kier alpha value is -1.12. The first-order valence-corrected chi connectivity index (χ1v) is 12.3. The highest BCUT2D eigenvalue weighted by Crippen LogP contribution is 2.60. The number of aliphatic hydroxyl groups excluding tert-OH is 2. The minimum absolute atomic E-state index is 0.427. The normalized spacial score (nSPS) is 38.5. The number of rotatable bonds is 6.